The first-order valence-electron chi connectivity index (χ1n) is 5.78. The van der Waals surface area contributed by atoms with Crippen molar-refractivity contribution in [3.63, 3.8) is 0 Å². The summed E-state index contributed by atoms with van der Waals surface area (Å²) in [5, 5.41) is 0. The maximum Gasteiger partial charge on any atom is 0.251 e. The van der Waals surface area contributed by atoms with E-state index in [0.717, 1.165) is 18.4 Å². The van der Waals surface area contributed by atoms with Crippen molar-refractivity contribution in [3.05, 3.63) is 35.6 Å². The molecule has 1 saturated heterocycles. The van der Waals surface area contributed by atoms with Gasteiger partial charge in [-0.2, -0.15) is 0 Å². The van der Waals surface area contributed by atoms with Crippen molar-refractivity contribution in [1.29, 1.82) is 0 Å². The predicted molar refractivity (Wildman–Crippen MR) is 61.8 cm³/mol. The van der Waals surface area contributed by atoms with Crippen LogP contribution in [0.2, 0.25) is 0 Å². The Balaban J connectivity index is 1.93. The van der Waals surface area contributed by atoms with Crippen molar-refractivity contribution >= 4 is 5.91 Å². The second kappa shape index (κ2) is 5.27. The number of carbonyl (C=O) groups is 1. The first-order valence-corrected chi connectivity index (χ1v) is 5.78. The fraction of sp³-hybridized carbons (Fsp3) is 0.462. The van der Waals surface area contributed by atoms with Gasteiger partial charge in [0.15, 0.2) is 0 Å². The van der Waals surface area contributed by atoms with E-state index in [0.29, 0.717) is 13.2 Å². The molecule has 3 nitrogen and oxygen atoms in total. The van der Waals surface area contributed by atoms with Crippen LogP contribution in [0.25, 0.3) is 0 Å². The summed E-state index contributed by atoms with van der Waals surface area (Å²) in [5.74, 6) is -0.256. The number of hydrogen-bond acceptors (Lipinski definition) is 2. The van der Waals surface area contributed by atoms with Gasteiger partial charge in [0, 0.05) is 20.2 Å². The van der Waals surface area contributed by atoms with Crippen molar-refractivity contribution in [2.75, 3.05) is 13.7 Å². The van der Waals surface area contributed by atoms with Crippen molar-refractivity contribution in [3.8, 4) is 0 Å². The van der Waals surface area contributed by atoms with Crippen LogP contribution in [-0.4, -0.2) is 30.6 Å². The molecule has 1 aromatic rings. The molecule has 0 saturated carbocycles. The fourth-order valence-electron chi connectivity index (χ4n) is 1.96. The molecule has 1 amide bonds. The van der Waals surface area contributed by atoms with Gasteiger partial charge in [0.05, 0.1) is 0 Å². The number of benzene rings is 1. The van der Waals surface area contributed by atoms with E-state index in [1.54, 1.807) is 24.1 Å². The molecular formula is C13H16FNO2. The van der Waals surface area contributed by atoms with Gasteiger partial charge in [-0.15, -0.1) is 0 Å². The minimum Gasteiger partial charge on any atom is -0.368 e. The fourth-order valence-corrected chi connectivity index (χ4v) is 1.96. The Kier molecular flexibility index (Phi) is 3.74. The topological polar surface area (TPSA) is 29.5 Å². The molecular weight excluding hydrogens is 221 g/mol. The van der Waals surface area contributed by atoms with Gasteiger partial charge in [0.25, 0.3) is 5.91 Å². The zero-order valence-electron chi connectivity index (χ0n) is 9.86. The minimum atomic E-state index is -0.291. The van der Waals surface area contributed by atoms with Gasteiger partial charge in [0.1, 0.15) is 11.9 Å². The maximum atomic E-state index is 12.7. The molecule has 0 spiro atoms. The zero-order chi connectivity index (χ0) is 12.3. The molecule has 17 heavy (non-hydrogen) atoms. The molecule has 0 N–H and O–H groups in total. The molecule has 1 atom stereocenters. The van der Waals surface area contributed by atoms with Crippen LogP contribution in [0.4, 0.5) is 4.39 Å². The maximum absolute atomic E-state index is 12.7. The van der Waals surface area contributed by atoms with Crippen LogP contribution < -0.4 is 0 Å². The standard InChI is InChI=1S/C13H16FNO2/c1-15(13(16)12-3-2-8-17-12)9-10-4-6-11(14)7-5-10/h4-7,12H,2-3,8-9H2,1H3. The van der Waals surface area contributed by atoms with E-state index in [-0.39, 0.29) is 17.8 Å². The lowest BCUT2D eigenvalue weighted by Gasteiger charge is -2.20. The number of rotatable bonds is 3. The third-order valence-electron chi connectivity index (χ3n) is 2.91. The Morgan fingerprint density at radius 1 is 1.47 bits per heavy atom. The van der Waals surface area contributed by atoms with Crippen molar-refractivity contribution in [2.45, 2.75) is 25.5 Å². The number of nitrogens with zero attached hydrogens (tertiary/aromatic N) is 1. The highest BCUT2D eigenvalue weighted by Gasteiger charge is 2.26. The lowest BCUT2D eigenvalue weighted by molar-refractivity contribution is -0.140. The molecule has 0 radical (unpaired) electrons. The van der Waals surface area contributed by atoms with Crippen molar-refractivity contribution in [1.82, 2.24) is 4.90 Å². The summed E-state index contributed by atoms with van der Waals surface area (Å²) < 4.78 is 18.1. The Bertz CT molecular complexity index is 385. The Hall–Kier alpha value is -1.42. The predicted octanol–water partition coefficient (Wildman–Crippen LogP) is 1.96. The first-order chi connectivity index (χ1) is 8.16. The van der Waals surface area contributed by atoms with Crippen LogP contribution in [-0.2, 0) is 16.1 Å². The van der Waals surface area contributed by atoms with Crippen LogP contribution in [0.1, 0.15) is 18.4 Å². The van der Waals surface area contributed by atoms with Crippen LogP contribution in [0, 0.1) is 5.82 Å². The highest BCUT2D eigenvalue weighted by Crippen LogP contribution is 2.15. The number of hydrogen-bond donors (Lipinski definition) is 0. The molecule has 0 aromatic heterocycles. The SMILES string of the molecule is CN(Cc1ccc(F)cc1)C(=O)C1CCCO1. The van der Waals surface area contributed by atoms with Crippen LogP contribution in [0.5, 0.6) is 0 Å². The van der Waals surface area contributed by atoms with E-state index >= 15 is 0 Å². The van der Waals surface area contributed by atoms with Crippen molar-refractivity contribution < 1.29 is 13.9 Å². The van der Waals surface area contributed by atoms with E-state index in [1.807, 2.05) is 0 Å². The summed E-state index contributed by atoms with van der Waals surface area (Å²) in [7, 11) is 1.74. The number of amides is 1. The highest BCUT2D eigenvalue weighted by atomic mass is 19.1. The normalized spacial score (nSPS) is 19.3. The quantitative estimate of drug-likeness (QED) is 0.804. The van der Waals surface area contributed by atoms with Gasteiger partial charge in [0.2, 0.25) is 0 Å². The monoisotopic (exact) mass is 237 g/mol. The molecule has 4 heteroatoms. The Morgan fingerprint density at radius 2 is 2.18 bits per heavy atom. The molecule has 1 unspecified atom stereocenters. The molecule has 1 fully saturated rings. The molecule has 1 aliphatic heterocycles. The van der Waals surface area contributed by atoms with Gasteiger partial charge < -0.3 is 9.64 Å². The van der Waals surface area contributed by atoms with Gasteiger partial charge in [-0.1, -0.05) is 12.1 Å². The smallest absolute Gasteiger partial charge is 0.251 e. The molecule has 92 valence electrons. The van der Waals surface area contributed by atoms with Crippen molar-refractivity contribution in [2.24, 2.45) is 0 Å². The largest absolute Gasteiger partial charge is 0.368 e. The van der Waals surface area contributed by atoms with Crippen LogP contribution in [0.3, 0.4) is 0 Å². The summed E-state index contributed by atoms with van der Waals surface area (Å²) in [5.41, 5.74) is 0.917. The van der Waals surface area contributed by atoms with Crippen LogP contribution >= 0.6 is 0 Å². The van der Waals surface area contributed by atoms with Gasteiger partial charge in [-0.05, 0) is 30.5 Å². The van der Waals surface area contributed by atoms with E-state index < -0.39 is 0 Å². The van der Waals surface area contributed by atoms with Crippen LogP contribution in [0.15, 0.2) is 24.3 Å². The molecule has 2 rings (SSSR count). The number of likely N-dealkylation sites (N-methyl/N-ethyl adjacent to an activating group) is 1. The first kappa shape index (κ1) is 12.0. The minimum absolute atomic E-state index is 0.00632. The van der Waals surface area contributed by atoms with Gasteiger partial charge in [-0.25, -0.2) is 4.39 Å². The van der Waals surface area contributed by atoms with E-state index in [4.69, 9.17) is 4.74 Å². The van der Waals surface area contributed by atoms with E-state index in [9.17, 15) is 9.18 Å². The molecule has 1 aromatic carbocycles. The highest BCUT2D eigenvalue weighted by molar-refractivity contribution is 5.80. The third-order valence-corrected chi connectivity index (χ3v) is 2.91. The third kappa shape index (κ3) is 3.03. The summed E-state index contributed by atoms with van der Waals surface area (Å²) in [6.45, 7) is 1.15. The zero-order valence-corrected chi connectivity index (χ0v) is 9.86. The van der Waals surface area contributed by atoms with Gasteiger partial charge >= 0.3 is 0 Å². The number of ether oxygens (including phenoxy) is 1. The summed E-state index contributed by atoms with van der Waals surface area (Å²) in [4.78, 5) is 13.6. The Morgan fingerprint density at radius 3 is 2.76 bits per heavy atom. The van der Waals surface area contributed by atoms with Gasteiger partial charge in [-0.3, -0.25) is 4.79 Å². The molecule has 1 heterocycles. The number of carbonyl (C=O) groups excluding carboxylic acids is 1. The lowest BCUT2D eigenvalue weighted by atomic mass is 10.2. The second-order valence-electron chi connectivity index (χ2n) is 4.32. The van der Waals surface area contributed by atoms with E-state index in [2.05, 4.69) is 0 Å². The van der Waals surface area contributed by atoms with E-state index in [1.165, 1.54) is 12.1 Å². The second-order valence-corrected chi connectivity index (χ2v) is 4.32. The summed E-state index contributed by atoms with van der Waals surface area (Å²) in [6.07, 6.45) is 1.45. The summed E-state index contributed by atoms with van der Waals surface area (Å²) >= 11 is 0. The molecule has 1 aliphatic rings. The average molecular weight is 237 g/mol. The summed E-state index contributed by atoms with van der Waals surface area (Å²) in [6, 6.07) is 6.18. The average Bonchev–Trinajstić information content (AvgIpc) is 2.84. The molecule has 0 aliphatic carbocycles. The molecule has 0 bridgehead atoms. The lowest BCUT2D eigenvalue weighted by Crippen LogP contribution is -2.35. The Labute approximate surface area is 100 Å². The number of halogens is 1.